The molecule has 1 N–H and O–H groups in total. The topological polar surface area (TPSA) is 68.0 Å². The highest BCUT2D eigenvalue weighted by Gasteiger charge is 2.16. The molecule has 0 saturated heterocycles. The zero-order valence-corrected chi connectivity index (χ0v) is 18.4. The van der Waals surface area contributed by atoms with Crippen LogP contribution in [0.1, 0.15) is 17.0 Å². The molecular weight excluding hydrogens is 420 g/mol. The maximum absolute atomic E-state index is 4.95. The number of benzene rings is 2. The second kappa shape index (κ2) is 8.75. The van der Waals surface area contributed by atoms with Crippen molar-refractivity contribution >= 4 is 22.4 Å². The minimum Gasteiger partial charge on any atom is -0.368 e. The van der Waals surface area contributed by atoms with Gasteiger partial charge in [0.1, 0.15) is 11.5 Å². The molecule has 1 unspecified atom stereocenters. The van der Waals surface area contributed by atoms with Gasteiger partial charge in [-0.25, -0.2) is 15.0 Å². The SMILES string of the molecule is c1ccc(C(CNc2nc(-c3ccc4nccn4c3)nc3ccccc23)c2cccnc2)cc1. The summed E-state index contributed by atoms with van der Waals surface area (Å²) in [5, 5.41) is 4.62. The van der Waals surface area contributed by atoms with E-state index in [0.29, 0.717) is 12.4 Å². The van der Waals surface area contributed by atoms with Crippen LogP contribution in [0, 0.1) is 0 Å². The van der Waals surface area contributed by atoms with Crippen molar-refractivity contribution in [1.29, 1.82) is 0 Å². The van der Waals surface area contributed by atoms with Crippen LogP contribution < -0.4 is 5.32 Å². The van der Waals surface area contributed by atoms with E-state index in [1.54, 1.807) is 12.4 Å². The largest absolute Gasteiger partial charge is 0.368 e. The van der Waals surface area contributed by atoms with Crippen molar-refractivity contribution in [3.63, 3.8) is 0 Å². The van der Waals surface area contributed by atoms with E-state index in [1.165, 1.54) is 5.56 Å². The molecule has 0 radical (unpaired) electrons. The van der Waals surface area contributed by atoms with E-state index in [4.69, 9.17) is 9.97 Å². The van der Waals surface area contributed by atoms with Gasteiger partial charge in [0.05, 0.1) is 5.52 Å². The number of rotatable bonds is 6. The fraction of sp³-hybridized carbons (Fsp3) is 0.0714. The standard InChI is InChI=1S/C28H22N6/c1-2-7-20(8-3-1)24(21-9-6-14-29-17-21)18-31-28-23-10-4-5-11-25(23)32-27(33-28)22-12-13-26-30-15-16-34(26)19-22/h1-17,19,24H,18H2,(H,31,32,33). The quantitative estimate of drug-likeness (QED) is 0.365. The van der Waals surface area contributed by atoms with E-state index in [-0.39, 0.29) is 5.92 Å². The van der Waals surface area contributed by atoms with Gasteiger partial charge in [-0.1, -0.05) is 48.5 Å². The first-order valence-corrected chi connectivity index (χ1v) is 11.2. The van der Waals surface area contributed by atoms with Crippen molar-refractivity contribution in [3.8, 4) is 11.4 Å². The van der Waals surface area contributed by atoms with E-state index in [1.807, 2.05) is 65.5 Å². The molecule has 6 nitrogen and oxygen atoms in total. The molecule has 0 spiro atoms. The van der Waals surface area contributed by atoms with Gasteiger partial charge in [0.25, 0.3) is 0 Å². The molecule has 1 atom stereocenters. The Labute approximate surface area is 197 Å². The van der Waals surface area contributed by atoms with Crippen molar-refractivity contribution in [3.05, 3.63) is 121 Å². The number of nitrogens with one attached hydrogen (secondary N) is 1. The lowest BCUT2D eigenvalue weighted by atomic mass is 9.92. The number of pyridine rings is 2. The van der Waals surface area contributed by atoms with E-state index >= 15 is 0 Å². The Balaban J connectivity index is 1.40. The molecule has 6 heteroatoms. The molecule has 0 fully saturated rings. The van der Waals surface area contributed by atoms with Crippen LogP contribution in [0.4, 0.5) is 5.82 Å². The molecule has 0 aliphatic rings. The Morgan fingerprint density at radius 3 is 2.53 bits per heavy atom. The number of para-hydroxylation sites is 1. The molecule has 4 aromatic heterocycles. The molecular formula is C28H22N6. The van der Waals surface area contributed by atoms with Gasteiger partial charge in [-0.3, -0.25) is 4.98 Å². The molecule has 0 saturated carbocycles. The van der Waals surface area contributed by atoms with Gasteiger partial charge in [-0.05, 0) is 41.5 Å². The number of anilines is 1. The minimum atomic E-state index is 0.134. The van der Waals surface area contributed by atoms with Crippen molar-refractivity contribution < 1.29 is 0 Å². The maximum atomic E-state index is 4.95. The smallest absolute Gasteiger partial charge is 0.163 e. The summed E-state index contributed by atoms with van der Waals surface area (Å²) in [6, 6.07) is 26.7. The average Bonchev–Trinajstić information content (AvgIpc) is 3.38. The van der Waals surface area contributed by atoms with E-state index in [2.05, 4.69) is 51.7 Å². The molecule has 34 heavy (non-hydrogen) atoms. The number of hydrogen-bond donors (Lipinski definition) is 1. The van der Waals surface area contributed by atoms with Crippen molar-refractivity contribution in [2.24, 2.45) is 0 Å². The summed E-state index contributed by atoms with van der Waals surface area (Å²) < 4.78 is 1.98. The lowest BCUT2D eigenvalue weighted by Gasteiger charge is -2.20. The van der Waals surface area contributed by atoms with Crippen molar-refractivity contribution in [2.45, 2.75) is 5.92 Å². The first-order chi connectivity index (χ1) is 16.8. The van der Waals surface area contributed by atoms with Crippen LogP contribution in [0.5, 0.6) is 0 Å². The summed E-state index contributed by atoms with van der Waals surface area (Å²) >= 11 is 0. The van der Waals surface area contributed by atoms with E-state index in [9.17, 15) is 0 Å². The normalized spacial score (nSPS) is 12.1. The van der Waals surface area contributed by atoms with Gasteiger partial charge in [-0.2, -0.15) is 0 Å². The van der Waals surface area contributed by atoms with Gasteiger partial charge in [0, 0.05) is 54.4 Å². The van der Waals surface area contributed by atoms with Crippen LogP contribution in [0.15, 0.2) is 110 Å². The summed E-state index contributed by atoms with van der Waals surface area (Å²) in [6.45, 7) is 0.677. The lowest BCUT2D eigenvalue weighted by Crippen LogP contribution is -2.15. The molecule has 164 valence electrons. The van der Waals surface area contributed by atoms with Crippen LogP contribution in [0.3, 0.4) is 0 Å². The fourth-order valence-electron chi connectivity index (χ4n) is 4.29. The Morgan fingerprint density at radius 2 is 1.65 bits per heavy atom. The van der Waals surface area contributed by atoms with Crippen LogP contribution in [0.25, 0.3) is 27.9 Å². The van der Waals surface area contributed by atoms with E-state index < -0.39 is 0 Å². The Bertz CT molecular complexity index is 1520. The third kappa shape index (κ3) is 3.86. The summed E-state index contributed by atoms with van der Waals surface area (Å²) in [5.74, 6) is 1.62. The average molecular weight is 443 g/mol. The number of nitrogens with zero attached hydrogens (tertiary/aromatic N) is 5. The minimum absolute atomic E-state index is 0.134. The number of aromatic nitrogens is 5. The van der Waals surface area contributed by atoms with E-state index in [0.717, 1.165) is 33.5 Å². The zero-order valence-electron chi connectivity index (χ0n) is 18.4. The van der Waals surface area contributed by atoms with Crippen LogP contribution in [0.2, 0.25) is 0 Å². The number of hydrogen-bond acceptors (Lipinski definition) is 5. The second-order valence-electron chi connectivity index (χ2n) is 8.15. The Kier molecular flexibility index (Phi) is 5.16. The summed E-state index contributed by atoms with van der Waals surface area (Å²) in [5.41, 5.74) is 5.12. The van der Waals surface area contributed by atoms with Crippen LogP contribution in [-0.4, -0.2) is 30.9 Å². The summed E-state index contributed by atoms with van der Waals surface area (Å²) in [6.07, 6.45) is 9.47. The molecule has 0 bridgehead atoms. The maximum Gasteiger partial charge on any atom is 0.163 e. The van der Waals surface area contributed by atoms with Crippen molar-refractivity contribution in [1.82, 2.24) is 24.3 Å². The van der Waals surface area contributed by atoms with Gasteiger partial charge in [-0.15, -0.1) is 0 Å². The highest BCUT2D eigenvalue weighted by Crippen LogP contribution is 2.28. The molecule has 4 heterocycles. The predicted molar refractivity (Wildman–Crippen MR) is 135 cm³/mol. The number of fused-ring (bicyclic) bond motifs is 2. The van der Waals surface area contributed by atoms with Gasteiger partial charge >= 0.3 is 0 Å². The first kappa shape index (κ1) is 20.1. The molecule has 0 amide bonds. The van der Waals surface area contributed by atoms with Crippen LogP contribution >= 0.6 is 0 Å². The Hall–Kier alpha value is -4.58. The molecule has 6 aromatic rings. The zero-order chi connectivity index (χ0) is 22.7. The molecule has 6 rings (SSSR count). The highest BCUT2D eigenvalue weighted by molar-refractivity contribution is 5.90. The second-order valence-corrected chi connectivity index (χ2v) is 8.15. The number of imidazole rings is 1. The van der Waals surface area contributed by atoms with Gasteiger partial charge < -0.3 is 9.72 Å². The van der Waals surface area contributed by atoms with Crippen molar-refractivity contribution in [2.75, 3.05) is 11.9 Å². The predicted octanol–water partition coefficient (Wildman–Crippen LogP) is 5.58. The first-order valence-electron chi connectivity index (χ1n) is 11.2. The summed E-state index contributed by atoms with van der Waals surface area (Å²) in [7, 11) is 0. The monoisotopic (exact) mass is 442 g/mol. The van der Waals surface area contributed by atoms with Crippen LogP contribution in [-0.2, 0) is 0 Å². The third-order valence-electron chi connectivity index (χ3n) is 6.01. The Morgan fingerprint density at radius 1 is 0.794 bits per heavy atom. The molecule has 2 aromatic carbocycles. The summed E-state index contributed by atoms with van der Waals surface area (Å²) in [4.78, 5) is 18.5. The third-order valence-corrected chi connectivity index (χ3v) is 6.01. The van der Waals surface area contributed by atoms with Gasteiger partial charge in [0.15, 0.2) is 5.82 Å². The lowest BCUT2D eigenvalue weighted by molar-refractivity contribution is 0.843. The molecule has 0 aliphatic heterocycles. The fourth-order valence-corrected chi connectivity index (χ4v) is 4.29. The molecule has 0 aliphatic carbocycles. The van der Waals surface area contributed by atoms with Gasteiger partial charge in [0.2, 0.25) is 0 Å². The highest BCUT2D eigenvalue weighted by atomic mass is 15.0.